The molecule has 0 aliphatic rings. The van der Waals surface area contributed by atoms with Crippen molar-refractivity contribution in [2.75, 3.05) is 5.32 Å². The van der Waals surface area contributed by atoms with Crippen LogP contribution in [0.1, 0.15) is 0 Å². The number of carbonyl (C=O) groups excluding carboxylic acids is 1. The first-order valence-corrected chi connectivity index (χ1v) is 6.31. The first kappa shape index (κ1) is 12.9. The Morgan fingerprint density at radius 3 is 2.52 bits per heavy atom. The number of rotatable bonds is 2. The van der Waals surface area contributed by atoms with Gasteiger partial charge in [0.2, 0.25) is 0 Å². The Labute approximate surface area is 120 Å². The number of benzene rings is 2. The van der Waals surface area contributed by atoms with Crippen LogP contribution in [0.3, 0.4) is 0 Å². The van der Waals surface area contributed by atoms with E-state index in [1.807, 2.05) is 12.1 Å². The highest BCUT2D eigenvalue weighted by Gasteiger charge is 2.09. The van der Waals surface area contributed by atoms with Crippen molar-refractivity contribution in [2.45, 2.75) is 0 Å². The van der Waals surface area contributed by atoms with E-state index in [1.165, 1.54) is 0 Å². The number of azo groups is 1. The maximum Gasteiger partial charge on any atom is 0.364 e. The minimum Gasteiger partial charge on any atom is -0.504 e. The van der Waals surface area contributed by atoms with Crippen LogP contribution in [0.4, 0.5) is 16.3 Å². The van der Waals surface area contributed by atoms with Gasteiger partial charge in [0.25, 0.3) is 0 Å². The molecule has 0 aliphatic carbocycles. The predicted octanol–water partition coefficient (Wildman–Crippen LogP) is 4.19. The fourth-order valence-electron chi connectivity index (χ4n) is 1.95. The van der Waals surface area contributed by atoms with Gasteiger partial charge in [-0.3, -0.25) is 0 Å². The number of H-pyrrole nitrogens is 1. The zero-order valence-electron chi connectivity index (χ0n) is 10.9. The number of aromatic nitrogens is 1. The van der Waals surface area contributed by atoms with E-state index in [0.29, 0.717) is 11.1 Å². The minimum absolute atomic E-state index is 0.0261. The molecule has 0 atom stereocenters. The quantitative estimate of drug-likeness (QED) is 0.614. The molecule has 0 aliphatic heterocycles. The highest BCUT2D eigenvalue weighted by molar-refractivity contribution is 5.92. The molecule has 0 bridgehead atoms. The van der Waals surface area contributed by atoms with Crippen molar-refractivity contribution < 1.29 is 9.90 Å². The summed E-state index contributed by atoms with van der Waals surface area (Å²) in [7, 11) is 0. The number of fused-ring (bicyclic) bond motifs is 1. The van der Waals surface area contributed by atoms with Gasteiger partial charge in [-0.2, -0.15) is 0 Å². The SMILES string of the molecule is O=C(/N=N/c1[nH]c2ccccc2c1O)Nc1ccccc1. The van der Waals surface area contributed by atoms with Crippen LogP contribution in [-0.2, 0) is 0 Å². The molecule has 2 aromatic carbocycles. The molecule has 0 radical (unpaired) electrons. The molecule has 0 saturated heterocycles. The number of aromatic amines is 1. The molecular weight excluding hydrogens is 268 g/mol. The third-order valence-electron chi connectivity index (χ3n) is 2.93. The molecule has 3 N–H and O–H groups in total. The third kappa shape index (κ3) is 2.74. The Morgan fingerprint density at radius 2 is 1.76 bits per heavy atom. The Kier molecular flexibility index (Phi) is 3.34. The van der Waals surface area contributed by atoms with Gasteiger partial charge < -0.3 is 15.4 Å². The lowest BCUT2D eigenvalue weighted by atomic mass is 10.2. The first-order chi connectivity index (χ1) is 10.2. The largest absolute Gasteiger partial charge is 0.504 e. The number of anilines is 1. The van der Waals surface area contributed by atoms with Crippen molar-refractivity contribution in [2.24, 2.45) is 10.2 Å². The van der Waals surface area contributed by atoms with Crippen molar-refractivity contribution in [1.82, 2.24) is 4.98 Å². The molecule has 1 aromatic heterocycles. The van der Waals surface area contributed by atoms with Gasteiger partial charge in [-0.1, -0.05) is 35.4 Å². The summed E-state index contributed by atoms with van der Waals surface area (Å²) in [4.78, 5) is 14.5. The van der Waals surface area contributed by atoms with Gasteiger partial charge >= 0.3 is 6.03 Å². The average molecular weight is 280 g/mol. The summed E-state index contributed by atoms with van der Waals surface area (Å²) >= 11 is 0. The highest BCUT2D eigenvalue weighted by atomic mass is 16.3. The Bertz CT molecular complexity index is 809. The van der Waals surface area contributed by atoms with Gasteiger partial charge in [-0.25, -0.2) is 4.79 Å². The van der Waals surface area contributed by atoms with E-state index in [0.717, 1.165) is 5.52 Å². The van der Waals surface area contributed by atoms with Gasteiger partial charge in [0.15, 0.2) is 11.6 Å². The second kappa shape index (κ2) is 5.46. The second-order valence-corrected chi connectivity index (χ2v) is 4.36. The monoisotopic (exact) mass is 280 g/mol. The molecule has 0 unspecified atom stereocenters. The summed E-state index contributed by atoms with van der Waals surface area (Å²) < 4.78 is 0. The van der Waals surface area contributed by atoms with Crippen LogP contribution in [0.5, 0.6) is 5.75 Å². The number of para-hydroxylation sites is 2. The van der Waals surface area contributed by atoms with Crippen molar-refractivity contribution in [3.05, 3.63) is 54.6 Å². The summed E-state index contributed by atoms with van der Waals surface area (Å²) in [6.45, 7) is 0. The molecule has 3 rings (SSSR count). The molecular formula is C15H12N4O2. The molecule has 21 heavy (non-hydrogen) atoms. The van der Waals surface area contributed by atoms with Gasteiger partial charge in [-0.05, 0) is 24.3 Å². The van der Waals surface area contributed by atoms with Crippen LogP contribution in [0.2, 0.25) is 0 Å². The van der Waals surface area contributed by atoms with Crippen molar-refractivity contribution in [1.29, 1.82) is 0 Å². The van der Waals surface area contributed by atoms with Crippen molar-refractivity contribution in [3.8, 4) is 5.75 Å². The number of amides is 2. The van der Waals surface area contributed by atoms with Crippen molar-refractivity contribution >= 4 is 28.4 Å². The molecule has 1 heterocycles. The van der Waals surface area contributed by atoms with Gasteiger partial charge in [-0.15, -0.1) is 5.11 Å². The molecule has 0 spiro atoms. The zero-order chi connectivity index (χ0) is 14.7. The number of hydrogen-bond donors (Lipinski definition) is 3. The lowest BCUT2D eigenvalue weighted by Crippen LogP contribution is -2.04. The summed E-state index contributed by atoms with van der Waals surface area (Å²) in [5.41, 5.74) is 1.36. The van der Waals surface area contributed by atoms with Gasteiger partial charge in [0.1, 0.15) is 0 Å². The summed E-state index contributed by atoms with van der Waals surface area (Å²) in [5.74, 6) is 0.126. The van der Waals surface area contributed by atoms with Gasteiger partial charge in [0.05, 0.1) is 5.52 Å². The first-order valence-electron chi connectivity index (χ1n) is 6.31. The number of aromatic hydroxyl groups is 1. The van der Waals surface area contributed by atoms with Crippen LogP contribution in [0.15, 0.2) is 64.8 Å². The molecule has 0 saturated carbocycles. The molecule has 6 nitrogen and oxygen atoms in total. The predicted molar refractivity (Wildman–Crippen MR) is 79.9 cm³/mol. The number of nitrogens with zero attached hydrogens (tertiary/aromatic N) is 2. The van der Waals surface area contributed by atoms with E-state index in [9.17, 15) is 9.90 Å². The fourth-order valence-corrected chi connectivity index (χ4v) is 1.95. The Hall–Kier alpha value is -3.15. The molecule has 104 valence electrons. The minimum atomic E-state index is -0.612. The van der Waals surface area contributed by atoms with E-state index < -0.39 is 6.03 Å². The fraction of sp³-hybridized carbons (Fsp3) is 0. The lowest BCUT2D eigenvalue weighted by molar-refractivity contribution is 0.258. The van der Waals surface area contributed by atoms with E-state index in [2.05, 4.69) is 20.5 Å². The van der Waals surface area contributed by atoms with E-state index in [4.69, 9.17) is 0 Å². The summed E-state index contributed by atoms with van der Waals surface area (Å²) in [6, 6.07) is 15.5. The van der Waals surface area contributed by atoms with Crippen LogP contribution in [0.25, 0.3) is 10.9 Å². The number of urea groups is 1. The normalized spacial score (nSPS) is 11.0. The molecule has 2 amide bonds. The maximum absolute atomic E-state index is 11.6. The second-order valence-electron chi connectivity index (χ2n) is 4.36. The highest BCUT2D eigenvalue weighted by Crippen LogP contribution is 2.34. The summed E-state index contributed by atoms with van der Waals surface area (Å²) in [5, 5.41) is 20.5. The van der Waals surface area contributed by atoms with E-state index in [1.54, 1.807) is 42.5 Å². The topological polar surface area (TPSA) is 89.8 Å². The molecule has 6 heteroatoms. The Balaban J connectivity index is 1.78. The van der Waals surface area contributed by atoms with Crippen LogP contribution < -0.4 is 5.32 Å². The van der Waals surface area contributed by atoms with E-state index >= 15 is 0 Å². The molecule has 0 fully saturated rings. The van der Waals surface area contributed by atoms with Gasteiger partial charge in [0, 0.05) is 11.1 Å². The van der Waals surface area contributed by atoms with Crippen molar-refractivity contribution in [3.63, 3.8) is 0 Å². The van der Waals surface area contributed by atoms with Crippen LogP contribution >= 0.6 is 0 Å². The summed E-state index contributed by atoms with van der Waals surface area (Å²) in [6.07, 6.45) is 0. The molecule has 3 aromatic rings. The Morgan fingerprint density at radius 1 is 1.05 bits per heavy atom. The number of nitrogens with one attached hydrogen (secondary N) is 2. The zero-order valence-corrected chi connectivity index (χ0v) is 10.9. The lowest BCUT2D eigenvalue weighted by Gasteiger charge is -1.98. The standard InChI is InChI=1S/C15H12N4O2/c20-13-11-8-4-5-9-12(11)17-14(13)18-19-15(21)16-10-6-2-1-3-7-10/h1-9,17,20H,(H,16,21)/b19-18+. The van der Waals surface area contributed by atoms with Crippen LogP contribution in [0, 0.1) is 0 Å². The van der Waals surface area contributed by atoms with Crippen LogP contribution in [-0.4, -0.2) is 16.1 Å². The van der Waals surface area contributed by atoms with E-state index in [-0.39, 0.29) is 11.6 Å². The number of hydrogen-bond acceptors (Lipinski definition) is 3. The smallest absolute Gasteiger partial charge is 0.364 e. The average Bonchev–Trinajstić information content (AvgIpc) is 2.83. The third-order valence-corrected chi connectivity index (χ3v) is 2.93. The maximum atomic E-state index is 11.6. The number of carbonyl (C=O) groups is 1.